The molecule has 3 nitrogen and oxygen atoms in total. The summed E-state index contributed by atoms with van der Waals surface area (Å²) in [4.78, 5) is 9.06. The quantitative estimate of drug-likeness (QED) is 0.894. The third-order valence-corrected chi connectivity index (χ3v) is 4.06. The molecule has 92 valence electrons. The van der Waals surface area contributed by atoms with E-state index < -0.39 is 0 Å². The van der Waals surface area contributed by atoms with Gasteiger partial charge in [0.2, 0.25) is 0 Å². The van der Waals surface area contributed by atoms with Gasteiger partial charge in [-0.2, -0.15) is 0 Å². The van der Waals surface area contributed by atoms with Crippen molar-refractivity contribution in [1.82, 2.24) is 4.98 Å². The van der Waals surface area contributed by atoms with Crippen molar-refractivity contribution in [3.8, 4) is 0 Å². The normalized spacial score (nSPS) is 18.9. The van der Waals surface area contributed by atoms with Crippen LogP contribution in [-0.2, 0) is 0 Å². The van der Waals surface area contributed by atoms with Crippen LogP contribution in [0.4, 0.5) is 5.69 Å². The monoisotopic (exact) mass is 257 g/mol. The second-order valence-electron chi connectivity index (χ2n) is 4.35. The third kappa shape index (κ3) is 2.34. The molecule has 3 rings (SSSR count). The Bertz CT molecular complexity index is 594. The average molecular weight is 257 g/mol. The first-order chi connectivity index (χ1) is 8.85. The van der Waals surface area contributed by atoms with Gasteiger partial charge in [0, 0.05) is 11.1 Å². The molecule has 1 N–H and O–H groups in total. The standard InChI is InChI=1S/C14H15N3S/c1-2-11-9-18-14(16-11)17-12-7-10-5-3-4-6-13(10)15-8-12/h3-8,11H,2,9H2,1H3,(H,16,17). The van der Waals surface area contributed by atoms with Gasteiger partial charge in [0.25, 0.3) is 0 Å². The molecule has 1 aromatic heterocycles. The molecule has 1 unspecified atom stereocenters. The van der Waals surface area contributed by atoms with Gasteiger partial charge in [0.1, 0.15) is 0 Å². The smallest absolute Gasteiger partial charge is 0.161 e. The van der Waals surface area contributed by atoms with E-state index in [9.17, 15) is 0 Å². The Hall–Kier alpha value is -1.55. The summed E-state index contributed by atoms with van der Waals surface area (Å²) in [5.41, 5.74) is 2.03. The number of amidine groups is 1. The lowest BCUT2D eigenvalue weighted by Crippen LogP contribution is -2.05. The summed E-state index contributed by atoms with van der Waals surface area (Å²) >= 11 is 1.79. The number of hydrogen-bond donors (Lipinski definition) is 1. The first-order valence-corrected chi connectivity index (χ1v) is 7.16. The lowest BCUT2D eigenvalue weighted by atomic mass is 10.2. The number of anilines is 1. The number of thioether (sulfide) groups is 1. The molecular formula is C14H15N3S. The molecule has 0 fully saturated rings. The highest BCUT2D eigenvalue weighted by molar-refractivity contribution is 8.14. The van der Waals surface area contributed by atoms with Crippen molar-refractivity contribution >= 4 is 33.5 Å². The Morgan fingerprint density at radius 1 is 1.39 bits per heavy atom. The Kier molecular flexibility index (Phi) is 3.19. The Labute approximate surface area is 111 Å². The van der Waals surface area contributed by atoms with Gasteiger partial charge in [-0.15, -0.1) is 0 Å². The van der Waals surface area contributed by atoms with Gasteiger partial charge in [-0.1, -0.05) is 36.9 Å². The van der Waals surface area contributed by atoms with Crippen molar-refractivity contribution in [2.75, 3.05) is 11.1 Å². The Morgan fingerprint density at radius 2 is 2.28 bits per heavy atom. The number of aromatic nitrogens is 1. The number of benzene rings is 1. The van der Waals surface area contributed by atoms with Gasteiger partial charge < -0.3 is 5.32 Å². The molecule has 1 atom stereocenters. The fourth-order valence-corrected chi connectivity index (χ4v) is 3.03. The van der Waals surface area contributed by atoms with E-state index in [1.54, 1.807) is 11.8 Å². The fraction of sp³-hybridized carbons (Fsp3) is 0.286. The summed E-state index contributed by atoms with van der Waals surface area (Å²) in [6.07, 6.45) is 2.97. The van der Waals surface area contributed by atoms with E-state index in [4.69, 9.17) is 0 Å². The minimum atomic E-state index is 0.464. The summed E-state index contributed by atoms with van der Waals surface area (Å²) < 4.78 is 0. The average Bonchev–Trinajstić information content (AvgIpc) is 2.86. The van der Waals surface area contributed by atoms with Gasteiger partial charge in [-0.05, 0) is 18.6 Å². The second kappa shape index (κ2) is 4.98. The maximum absolute atomic E-state index is 4.62. The summed E-state index contributed by atoms with van der Waals surface area (Å²) in [5.74, 6) is 1.08. The zero-order chi connectivity index (χ0) is 12.4. The maximum Gasteiger partial charge on any atom is 0.161 e. The van der Waals surface area contributed by atoms with Gasteiger partial charge in [-0.3, -0.25) is 9.98 Å². The van der Waals surface area contributed by atoms with Crippen LogP contribution < -0.4 is 5.32 Å². The molecule has 4 heteroatoms. The van der Waals surface area contributed by atoms with Crippen LogP contribution in [0.1, 0.15) is 13.3 Å². The van der Waals surface area contributed by atoms with Crippen LogP contribution in [0.15, 0.2) is 41.5 Å². The van der Waals surface area contributed by atoms with E-state index in [0.29, 0.717) is 6.04 Å². The van der Waals surface area contributed by atoms with E-state index in [2.05, 4.69) is 34.3 Å². The van der Waals surface area contributed by atoms with E-state index in [1.807, 2.05) is 24.4 Å². The zero-order valence-electron chi connectivity index (χ0n) is 10.3. The van der Waals surface area contributed by atoms with Crippen molar-refractivity contribution in [3.05, 3.63) is 36.5 Å². The predicted octanol–water partition coefficient (Wildman–Crippen LogP) is 3.53. The highest BCUT2D eigenvalue weighted by atomic mass is 32.2. The number of nitrogens with zero attached hydrogens (tertiary/aromatic N) is 2. The van der Waals surface area contributed by atoms with Crippen molar-refractivity contribution in [1.29, 1.82) is 0 Å². The number of aliphatic imine (C=N–C) groups is 1. The molecule has 0 saturated heterocycles. The SMILES string of the molecule is CCC1CSC(Nc2cnc3ccccc3c2)=N1. The van der Waals surface area contributed by atoms with E-state index in [-0.39, 0.29) is 0 Å². The highest BCUT2D eigenvalue weighted by Crippen LogP contribution is 2.23. The van der Waals surface area contributed by atoms with Gasteiger partial charge >= 0.3 is 0 Å². The van der Waals surface area contributed by atoms with Crippen LogP contribution in [0.2, 0.25) is 0 Å². The topological polar surface area (TPSA) is 37.3 Å². The first kappa shape index (κ1) is 11.5. The number of para-hydroxylation sites is 1. The number of hydrogen-bond acceptors (Lipinski definition) is 4. The second-order valence-corrected chi connectivity index (χ2v) is 5.36. The molecule has 0 aliphatic carbocycles. The molecule has 0 amide bonds. The van der Waals surface area contributed by atoms with Crippen molar-refractivity contribution < 1.29 is 0 Å². The Morgan fingerprint density at radius 3 is 3.11 bits per heavy atom. The molecule has 0 radical (unpaired) electrons. The minimum Gasteiger partial charge on any atom is -0.334 e. The molecule has 1 aliphatic rings. The molecule has 2 heterocycles. The largest absolute Gasteiger partial charge is 0.334 e. The lowest BCUT2D eigenvalue weighted by Gasteiger charge is -2.05. The summed E-state index contributed by atoms with van der Waals surface area (Å²) in [5, 5.41) is 5.51. The van der Waals surface area contributed by atoms with E-state index in [0.717, 1.165) is 33.9 Å². The zero-order valence-corrected chi connectivity index (χ0v) is 11.1. The molecule has 18 heavy (non-hydrogen) atoms. The number of fused-ring (bicyclic) bond motifs is 1. The van der Waals surface area contributed by atoms with Crippen molar-refractivity contribution in [2.45, 2.75) is 19.4 Å². The van der Waals surface area contributed by atoms with Crippen molar-refractivity contribution in [2.24, 2.45) is 4.99 Å². The van der Waals surface area contributed by atoms with Crippen LogP contribution in [0.3, 0.4) is 0 Å². The highest BCUT2D eigenvalue weighted by Gasteiger charge is 2.16. The molecule has 1 aromatic carbocycles. The van der Waals surface area contributed by atoms with Gasteiger partial charge in [0.15, 0.2) is 5.17 Å². The third-order valence-electron chi connectivity index (χ3n) is 3.03. The summed E-state index contributed by atoms with van der Waals surface area (Å²) in [6, 6.07) is 10.7. The molecule has 0 spiro atoms. The summed E-state index contributed by atoms with van der Waals surface area (Å²) in [6.45, 7) is 2.18. The fourth-order valence-electron chi connectivity index (χ4n) is 1.96. The van der Waals surface area contributed by atoms with Gasteiger partial charge in [-0.25, -0.2) is 0 Å². The minimum absolute atomic E-state index is 0.464. The van der Waals surface area contributed by atoms with Crippen LogP contribution in [0, 0.1) is 0 Å². The van der Waals surface area contributed by atoms with Crippen LogP contribution in [-0.4, -0.2) is 21.9 Å². The Balaban J connectivity index is 1.83. The van der Waals surface area contributed by atoms with Crippen LogP contribution >= 0.6 is 11.8 Å². The van der Waals surface area contributed by atoms with Gasteiger partial charge in [0.05, 0.1) is 23.4 Å². The van der Waals surface area contributed by atoms with Crippen LogP contribution in [0.25, 0.3) is 10.9 Å². The molecular weight excluding hydrogens is 242 g/mol. The molecule has 2 aromatic rings. The van der Waals surface area contributed by atoms with Crippen molar-refractivity contribution in [3.63, 3.8) is 0 Å². The summed E-state index contributed by atoms with van der Waals surface area (Å²) in [7, 11) is 0. The number of pyridine rings is 1. The molecule has 1 aliphatic heterocycles. The van der Waals surface area contributed by atoms with E-state index in [1.165, 1.54) is 0 Å². The lowest BCUT2D eigenvalue weighted by molar-refractivity contribution is 0.738. The molecule has 0 bridgehead atoms. The van der Waals surface area contributed by atoms with E-state index >= 15 is 0 Å². The predicted molar refractivity (Wildman–Crippen MR) is 79.3 cm³/mol. The maximum atomic E-state index is 4.62. The number of rotatable bonds is 2. The number of nitrogens with one attached hydrogen (secondary N) is 1. The first-order valence-electron chi connectivity index (χ1n) is 6.17. The molecule has 0 saturated carbocycles. The van der Waals surface area contributed by atoms with Crippen LogP contribution in [0.5, 0.6) is 0 Å².